The first-order valence-corrected chi connectivity index (χ1v) is 4.95. The van der Waals surface area contributed by atoms with Crippen LogP contribution in [0, 0.1) is 0 Å². The summed E-state index contributed by atoms with van der Waals surface area (Å²) in [5.74, 6) is 1.47. The number of nitrogens with zero attached hydrogens (tertiary/aromatic N) is 3. The number of aromatic nitrogens is 3. The second-order valence-electron chi connectivity index (χ2n) is 3.66. The second kappa shape index (κ2) is 3.06. The van der Waals surface area contributed by atoms with Crippen LogP contribution in [-0.2, 0) is 0 Å². The summed E-state index contributed by atoms with van der Waals surface area (Å²) in [5.41, 5.74) is 0.939. The highest BCUT2D eigenvalue weighted by Gasteiger charge is 2.20. The van der Waals surface area contributed by atoms with E-state index in [9.17, 15) is 0 Å². The Hall–Kier alpha value is -1.42. The zero-order chi connectivity index (χ0) is 9.38. The van der Waals surface area contributed by atoms with Crippen LogP contribution in [0.25, 0.3) is 5.65 Å². The molecule has 3 rings (SSSR count). The summed E-state index contributed by atoms with van der Waals surface area (Å²) in [7, 11) is 0. The van der Waals surface area contributed by atoms with Gasteiger partial charge in [-0.3, -0.25) is 0 Å². The van der Waals surface area contributed by atoms with Gasteiger partial charge in [0.2, 0.25) is 0 Å². The molecular weight excluding hydrogens is 176 g/mol. The van der Waals surface area contributed by atoms with Crippen LogP contribution in [0.5, 0.6) is 0 Å². The smallest absolute Gasteiger partial charge is 0.156 e. The van der Waals surface area contributed by atoms with Gasteiger partial charge in [-0.15, -0.1) is 0 Å². The fraction of sp³-hybridized carbons (Fsp3) is 0.400. The van der Waals surface area contributed by atoms with Crippen LogP contribution in [-0.4, -0.2) is 27.7 Å². The average molecular weight is 188 g/mol. The standard InChI is InChI=1S/C10H12N4/c1-2-6-14-9(3-1)12-10(13-14)8-4-5-11-7-8/h1-3,6,8,11H,4-5,7H2. The first-order chi connectivity index (χ1) is 6.93. The van der Waals surface area contributed by atoms with E-state index >= 15 is 0 Å². The van der Waals surface area contributed by atoms with Crippen molar-refractivity contribution in [2.24, 2.45) is 0 Å². The molecule has 0 amide bonds. The molecule has 0 saturated carbocycles. The van der Waals surface area contributed by atoms with E-state index in [-0.39, 0.29) is 0 Å². The first-order valence-electron chi connectivity index (χ1n) is 4.95. The summed E-state index contributed by atoms with van der Waals surface area (Å²) in [6.45, 7) is 2.09. The Kier molecular flexibility index (Phi) is 1.73. The SMILES string of the molecule is c1ccn2nc(C3CCNC3)nc2c1. The van der Waals surface area contributed by atoms with Crippen LogP contribution in [0.2, 0.25) is 0 Å². The highest BCUT2D eigenvalue weighted by Crippen LogP contribution is 2.19. The lowest BCUT2D eigenvalue weighted by Crippen LogP contribution is -2.08. The molecule has 0 bridgehead atoms. The topological polar surface area (TPSA) is 42.2 Å². The molecule has 14 heavy (non-hydrogen) atoms. The van der Waals surface area contributed by atoms with Crippen molar-refractivity contribution in [3.05, 3.63) is 30.2 Å². The summed E-state index contributed by atoms with van der Waals surface area (Å²) in [5, 5.41) is 7.79. The largest absolute Gasteiger partial charge is 0.316 e. The van der Waals surface area contributed by atoms with Crippen molar-refractivity contribution in [2.45, 2.75) is 12.3 Å². The van der Waals surface area contributed by atoms with Crippen molar-refractivity contribution in [1.29, 1.82) is 0 Å². The number of hydrogen-bond donors (Lipinski definition) is 1. The Morgan fingerprint density at radius 1 is 1.43 bits per heavy atom. The summed E-state index contributed by atoms with van der Waals surface area (Å²) in [6, 6.07) is 5.94. The van der Waals surface area contributed by atoms with Crippen molar-refractivity contribution >= 4 is 5.65 Å². The normalized spacial score (nSPS) is 21.9. The van der Waals surface area contributed by atoms with Crippen molar-refractivity contribution in [2.75, 3.05) is 13.1 Å². The molecule has 1 N–H and O–H groups in total. The number of pyridine rings is 1. The molecule has 1 aliphatic rings. The Bertz CT molecular complexity index is 409. The summed E-state index contributed by atoms with van der Waals surface area (Å²) in [4.78, 5) is 4.51. The predicted octanol–water partition coefficient (Wildman–Crippen LogP) is 0.806. The molecule has 2 aromatic rings. The van der Waals surface area contributed by atoms with E-state index in [0.29, 0.717) is 5.92 Å². The molecule has 4 heteroatoms. The van der Waals surface area contributed by atoms with Crippen molar-refractivity contribution in [3.63, 3.8) is 0 Å². The van der Waals surface area contributed by atoms with E-state index in [1.54, 1.807) is 0 Å². The van der Waals surface area contributed by atoms with Crippen LogP contribution < -0.4 is 5.32 Å². The molecule has 1 fully saturated rings. The van der Waals surface area contributed by atoms with Gasteiger partial charge in [0.05, 0.1) is 0 Å². The lowest BCUT2D eigenvalue weighted by molar-refractivity contribution is 0.698. The van der Waals surface area contributed by atoms with Crippen LogP contribution >= 0.6 is 0 Å². The van der Waals surface area contributed by atoms with Crippen LogP contribution in [0.3, 0.4) is 0 Å². The number of hydrogen-bond acceptors (Lipinski definition) is 3. The van der Waals surface area contributed by atoms with Gasteiger partial charge < -0.3 is 5.32 Å². The molecule has 72 valence electrons. The van der Waals surface area contributed by atoms with Crippen LogP contribution in [0.1, 0.15) is 18.2 Å². The minimum Gasteiger partial charge on any atom is -0.316 e. The molecule has 1 aliphatic heterocycles. The summed E-state index contributed by atoms with van der Waals surface area (Å²) >= 11 is 0. The van der Waals surface area contributed by atoms with Gasteiger partial charge in [0.25, 0.3) is 0 Å². The Balaban J connectivity index is 2.05. The molecule has 0 aromatic carbocycles. The molecule has 1 saturated heterocycles. The van der Waals surface area contributed by atoms with Gasteiger partial charge in [-0.2, -0.15) is 5.10 Å². The monoisotopic (exact) mass is 188 g/mol. The van der Waals surface area contributed by atoms with Gasteiger partial charge in [0, 0.05) is 18.7 Å². The number of fused-ring (bicyclic) bond motifs is 1. The lowest BCUT2D eigenvalue weighted by atomic mass is 10.1. The molecule has 2 aromatic heterocycles. The highest BCUT2D eigenvalue weighted by molar-refractivity contribution is 5.36. The van der Waals surface area contributed by atoms with E-state index in [1.165, 1.54) is 0 Å². The fourth-order valence-corrected chi connectivity index (χ4v) is 1.90. The van der Waals surface area contributed by atoms with E-state index < -0.39 is 0 Å². The predicted molar refractivity (Wildman–Crippen MR) is 53.2 cm³/mol. The van der Waals surface area contributed by atoms with Gasteiger partial charge in [0.15, 0.2) is 11.5 Å². The van der Waals surface area contributed by atoms with Gasteiger partial charge in [-0.05, 0) is 25.1 Å². The maximum atomic E-state index is 4.51. The molecule has 1 unspecified atom stereocenters. The van der Waals surface area contributed by atoms with Gasteiger partial charge in [-0.25, -0.2) is 9.50 Å². The third-order valence-electron chi connectivity index (χ3n) is 2.68. The quantitative estimate of drug-likeness (QED) is 0.720. The molecule has 0 spiro atoms. The molecule has 3 heterocycles. The highest BCUT2D eigenvalue weighted by atomic mass is 15.3. The second-order valence-corrected chi connectivity index (χ2v) is 3.66. The lowest BCUT2D eigenvalue weighted by Gasteiger charge is -1.99. The van der Waals surface area contributed by atoms with E-state index in [0.717, 1.165) is 31.0 Å². The Morgan fingerprint density at radius 3 is 3.21 bits per heavy atom. The Morgan fingerprint density at radius 2 is 2.43 bits per heavy atom. The molecule has 0 aliphatic carbocycles. The number of nitrogens with one attached hydrogen (secondary N) is 1. The summed E-state index contributed by atoms with van der Waals surface area (Å²) < 4.78 is 1.84. The molecule has 1 atom stereocenters. The Labute approximate surface area is 82.0 Å². The van der Waals surface area contributed by atoms with Crippen molar-refractivity contribution in [3.8, 4) is 0 Å². The fourth-order valence-electron chi connectivity index (χ4n) is 1.90. The van der Waals surface area contributed by atoms with E-state index in [2.05, 4.69) is 15.4 Å². The van der Waals surface area contributed by atoms with E-state index in [4.69, 9.17) is 0 Å². The minimum atomic E-state index is 0.495. The van der Waals surface area contributed by atoms with Crippen LogP contribution in [0.15, 0.2) is 24.4 Å². The average Bonchev–Trinajstić information content (AvgIpc) is 2.86. The molecule has 4 nitrogen and oxygen atoms in total. The van der Waals surface area contributed by atoms with Crippen molar-refractivity contribution < 1.29 is 0 Å². The summed E-state index contributed by atoms with van der Waals surface area (Å²) in [6.07, 6.45) is 3.09. The van der Waals surface area contributed by atoms with Gasteiger partial charge in [0.1, 0.15) is 0 Å². The molecular formula is C10H12N4. The maximum Gasteiger partial charge on any atom is 0.156 e. The van der Waals surface area contributed by atoms with Gasteiger partial charge >= 0.3 is 0 Å². The zero-order valence-electron chi connectivity index (χ0n) is 7.85. The third kappa shape index (κ3) is 1.19. The minimum absolute atomic E-state index is 0.495. The van der Waals surface area contributed by atoms with Gasteiger partial charge in [-0.1, -0.05) is 6.07 Å². The number of rotatable bonds is 1. The third-order valence-corrected chi connectivity index (χ3v) is 2.68. The van der Waals surface area contributed by atoms with E-state index in [1.807, 2.05) is 28.9 Å². The van der Waals surface area contributed by atoms with Crippen molar-refractivity contribution in [1.82, 2.24) is 19.9 Å². The zero-order valence-corrected chi connectivity index (χ0v) is 7.85. The van der Waals surface area contributed by atoms with Crippen LogP contribution in [0.4, 0.5) is 0 Å². The first kappa shape index (κ1) is 7.94. The maximum absolute atomic E-state index is 4.51. The molecule has 0 radical (unpaired) electrons.